The van der Waals surface area contributed by atoms with E-state index in [1.165, 1.54) is 6.26 Å². The highest BCUT2D eigenvalue weighted by molar-refractivity contribution is 5.96. The lowest BCUT2D eigenvalue weighted by molar-refractivity contribution is 0.0619. The van der Waals surface area contributed by atoms with Gasteiger partial charge in [0.25, 0.3) is 5.91 Å². The Morgan fingerprint density at radius 3 is 2.48 bits per heavy atom. The molecule has 6 heteroatoms. The van der Waals surface area contributed by atoms with E-state index in [1.54, 1.807) is 25.1 Å². The van der Waals surface area contributed by atoms with Crippen LogP contribution in [0.2, 0.25) is 0 Å². The molecule has 3 heterocycles. The zero-order valence-corrected chi connectivity index (χ0v) is 13.4. The van der Waals surface area contributed by atoms with Gasteiger partial charge in [-0.3, -0.25) is 14.5 Å². The van der Waals surface area contributed by atoms with Gasteiger partial charge in [-0.2, -0.15) is 0 Å². The number of Topliss-reactive ketones (excluding diaryl/α,β-unsaturated/α-hetero) is 1. The lowest BCUT2D eigenvalue weighted by Crippen LogP contribution is -2.49. The van der Waals surface area contributed by atoms with Crippen LogP contribution in [0, 0.1) is 13.8 Å². The minimum absolute atomic E-state index is 0.00337. The van der Waals surface area contributed by atoms with E-state index in [1.807, 2.05) is 16.7 Å². The second kappa shape index (κ2) is 6.42. The largest absolute Gasteiger partial charge is 0.466 e. The number of aryl methyl sites for hydroxylation is 2. The van der Waals surface area contributed by atoms with E-state index in [4.69, 9.17) is 8.83 Å². The smallest absolute Gasteiger partial charge is 0.257 e. The number of nitrogens with zero attached hydrogens (tertiary/aromatic N) is 2. The fourth-order valence-electron chi connectivity index (χ4n) is 2.84. The number of carbonyl (C=O) groups excluding carboxylic acids is 2. The molecule has 0 aliphatic carbocycles. The molecule has 1 fully saturated rings. The van der Waals surface area contributed by atoms with E-state index in [-0.39, 0.29) is 11.7 Å². The SMILES string of the molecule is Cc1cc(C(=O)N2CCN(CC(=O)c3ccco3)CC2)c(C)o1. The summed E-state index contributed by atoms with van der Waals surface area (Å²) in [5, 5.41) is 0. The Morgan fingerprint density at radius 1 is 1.17 bits per heavy atom. The second-order valence-electron chi connectivity index (χ2n) is 5.80. The van der Waals surface area contributed by atoms with Crippen LogP contribution in [0.3, 0.4) is 0 Å². The van der Waals surface area contributed by atoms with E-state index in [0.29, 0.717) is 49.8 Å². The Bertz CT molecular complexity index is 694. The van der Waals surface area contributed by atoms with Crippen molar-refractivity contribution >= 4 is 11.7 Å². The van der Waals surface area contributed by atoms with Crippen LogP contribution in [0.15, 0.2) is 33.3 Å². The van der Waals surface area contributed by atoms with Gasteiger partial charge in [-0.1, -0.05) is 0 Å². The first-order valence-corrected chi connectivity index (χ1v) is 7.70. The molecule has 0 atom stereocenters. The van der Waals surface area contributed by atoms with Crippen molar-refractivity contribution in [1.82, 2.24) is 9.80 Å². The van der Waals surface area contributed by atoms with Crippen molar-refractivity contribution in [2.45, 2.75) is 13.8 Å². The van der Waals surface area contributed by atoms with Crippen LogP contribution in [-0.4, -0.2) is 54.2 Å². The fraction of sp³-hybridized carbons (Fsp3) is 0.412. The highest BCUT2D eigenvalue weighted by atomic mass is 16.3. The molecule has 1 aliphatic heterocycles. The molecular formula is C17H20N2O4. The van der Waals surface area contributed by atoms with Gasteiger partial charge in [0.2, 0.25) is 5.78 Å². The summed E-state index contributed by atoms with van der Waals surface area (Å²) in [6.07, 6.45) is 1.50. The molecule has 0 saturated carbocycles. The van der Waals surface area contributed by atoms with Crippen molar-refractivity contribution in [2.75, 3.05) is 32.7 Å². The molecule has 1 aliphatic rings. The lowest BCUT2D eigenvalue weighted by atomic mass is 10.2. The number of rotatable bonds is 4. The summed E-state index contributed by atoms with van der Waals surface area (Å²) in [5.74, 6) is 1.75. The third-order valence-corrected chi connectivity index (χ3v) is 4.09. The van der Waals surface area contributed by atoms with Crippen molar-refractivity contribution in [3.05, 3.63) is 47.3 Å². The quantitative estimate of drug-likeness (QED) is 0.808. The van der Waals surface area contributed by atoms with Gasteiger partial charge in [0.1, 0.15) is 11.5 Å². The first kappa shape index (κ1) is 15.6. The maximum absolute atomic E-state index is 12.5. The maximum Gasteiger partial charge on any atom is 0.257 e. The summed E-state index contributed by atoms with van der Waals surface area (Å²) in [5.41, 5.74) is 0.627. The molecule has 0 unspecified atom stereocenters. The molecule has 0 radical (unpaired) electrons. The lowest BCUT2D eigenvalue weighted by Gasteiger charge is -2.34. The molecule has 2 aromatic heterocycles. The van der Waals surface area contributed by atoms with Crippen LogP contribution in [0.25, 0.3) is 0 Å². The van der Waals surface area contributed by atoms with Crippen LogP contribution in [0.1, 0.15) is 32.4 Å². The second-order valence-corrected chi connectivity index (χ2v) is 5.80. The van der Waals surface area contributed by atoms with E-state index >= 15 is 0 Å². The highest BCUT2D eigenvalue weighted by Gasteiger charge is 2.26. The number of ketones is 1. The molecule has 0 N–H and O–H groups in total. The van der Waals surface area contributed by atoms with Crippen molar-refractivity contribution in [1.29, 1.82) is 0 Å². The minimum atomic E-state index is -0.0314. The topological polar surface area (TPSA) is 66.9 Å². The van der Waals surface area contributed by atoms with Gasteiger partial charge in [-0.25, -0.2) is 0 Å². The number of furan rings is 2. The Labute approximate surface area is 134 Å². The molecule has 3 rings (SSSR count). The number of hydrogen-bond acceptors (Lipinski definition) is 5. The molecule has 0 aromatic carbocycles. The molecular weight excluding hydrogens is 296 g/mol. The van der Waals surface area contributed by atoms with Crippen LogP contribution < -0.4 is 0 Å². The first-order valence-electron chi connectivity index (χ1n) is 7.70. The Kier molecular flexibility index (Phi) is 4.34. The molecule has 2 aromatic rings. The normalized spacial score (nSPS) is 15.8. The third-order valence-electron chi connectivity index (χ3n) is 4.09. The van der Waals surface area contributed by atoms with E-state index in [9.17, 15) is 9.59 Å². The monoisotopic (exact) mass is 316 g/mol. The molecule has 23 heavy (non-hydrogen) atoms. The van der Waals surface area contributed by atoms with Crippen LogP contribution in [-0.2, 0) is 0 Å². The van der Waals surface area contributed by atoms with E-state index in [0.717, 1.165) is 5.76 Å². The average Bonchev–Trinajstić information content (AvgIpc) is 3.17. The average molecular weight is 316 g/mol. The number of carbonyl (C=O) groups is 2. The van der Waals surface area contributed by atoms with Gasteiger partial charge in [0, 0.05) is 26.2 Å². The standard InChI is InChI=1S/C17H20N2O4/c1-12-10-14(13(2)23-12)17(21)19-7-5-18(6-8-19)11-15(20)16-4-3-9-22-16/h3-4,9-10H,5-8,11H2,1-2H3. The maximum atomic E-state index is 12.5. The van der Waals surface area contributed by atoms with Crippen molar-refractivity contribution < 1.29 is 18.4 Å². The zero-order valence-electron chi connectivity index (χ0n) is 13.4. The molecule has 1 saturated heterocycles. The fourth-order valence-corrected chi connectivity index (χ4v) is 2.84. The Hall–Kier alpha value is -2.34. The summed E-state index contributed by atoms with van der Waals surface area (Å²) >= 11 is 0. The molecule has 122 valence electrons. The zero-order chi connectivity index (χ0) is 16.4. The highest BCUT2D eigenvalue weighted by Crippen LogP contribution is 2.17. The summed E-state index contributed by atoms with van der Waals surface area (Å²) in [7, 11) is 0. The summed E-state index contributed by atoms with van der Waals surface area (Å²) in [4.78, 5) is 28.4. The predicted molar refractivity (Wildman–Crippen MR) is 83.6 cm³/mol. The van der Waals surface area contributed by atoms with Crippen LogP contribution in [0.5, 0.6) is 0 Å². The van der Waals surface area contributed by atoms with Crippen LogP contribution >= 0.6 is 0 Å². The summed E-state index contributed by atoms with van der Waals surface area (Å²) < 4.78 is 10.5. The molecule has 0 spiro atoms. The van der Waals surface area contributed by atoms with Gasteiger partial charge >= 0.3 is 0 Å². The third kappa shape index (κ3) is 3.37. The predicted octanol–water partition coefficient (Wildman–Crippen LogP) is 2.13. The minimum Gasteiger partial charge on any atom is -0.466 e. The summed E-state index contributed by atoms with van der Waals surface area (Å²) in [6, 6.07) is 5.16. The van der Waals surface area contributed by atoms with E-state index < -0.39 is 0 Å². The van der Waals surface area contributed by atoms with Gasteiger partial charge < -0.3 is 13.7 Å². The van der Waals surface area contributed by atoms with Gasteiger partial charge in [0.05, 0.1) is 18.4 Å². The van der Waals surface area contributed by atoms with E-state index in [2.05, 4.69) is 0 Å². The molecule has 1 amide bonds. The Morgan fingerprint density at radius 2 is 1.91 bits per heavy atom. The van der Waals surface area contributed by atoms with Gasteiger partial charge in [0.15, 0.2) is 5.76 Å². The van der Waals surface area contributed by atoms with Crippen molar-refractivity contribution in [3.63, 3.8) is 0 Å². The molecule has 6 nitrogen and oxygen atoms in total. The molecule has 0 bridgehead atoms. The number of amides is 1. The van der Waals surface area contributed by atoms with Crippen molar-refractivity contribution in [2.24, 2.45) is 0 Å². The van der Waals surface area contributed by atoms with Crippen molar-refractivity contribution in [3.8, 4) is 0 Å². The van der Waals surface area contributed by atoms with Gasteiger partial charge in [-0.05, 0) is 32.0 Å². The number of piperazine rings is 1. The number of hydrogen-bond donors (Lipinski definition) is 0. The summed E-state index contributed by atoms with van der Waals surface area (Å²) in [6.45, 7) is 6.52. The first-order chi connectivity index (χ1) is 11.0. The van der Waals surface area contributed by atoms with Crippen LogP contribution in [0.4, 0.5) is 0 Å². The van der Waals surface area contributed by atoms with Gasteiger partial charge in [-0.15, -0.1) is 0 Å². The Balaban J connectivity index is 1.55.